The van der Waals surface area contributed by atoms with Gasteiger partial charge in [-0.1, -0.05) is 18.2 Å². The first-order valence-electron chi connectivity index (χ1n) is 10.0. The maximum atomic E-state index is 13.1. The molecule has 28 heavy (non-hydrogen) atoms. The van der Waals surface area contributed by atoms with E-state index in [0.717, 1.165) is 45.3 Å². The SMILES string of the molecule is COCCC1CCOC2(CCN(C(=O)c3n[nH]c(=O)c4ccccc34)CC2)C1. The summed E-state index contributed by atoms with van der Waals surface area (Å²) in [5, 5.41) is 7.61. The highest BCUT2D eigenvalue weighted by Gasteiger charge is 2.41. The van der Waals surface area contributed by atoms with Gasteiger partial charge in [0.05, 0.1) is 11.0 Å². The van der Waals surface area contributed by atoms with E-state index in [1.54, 1.807) is 25.3 Å². The van der Waals surface area contributed by atoms with Gasteiger partial charge in [-0.2, -0.15) is 5.10 Å². The summed E-state index contributed by atoms with van der Waals surface area (Å²) >= 11 is 0. The van der Waals surface area contributed by atoms with Crippen molar-refractivity contribution in [2.45, 2.75) is 37.7 Å². The van der Waals surface area contributed by atoms with Crippen LogP contribution < -0.4 is 5.56 Å². The second-order valence-corrected chi connectivity index (χ2v) is 7.91. The van der Waals surface area contributed by atoms with E-state index in [1.165, 1.54) is 0 Å². The van der Waals surface area contributed by atoms with Crippen LogP contribution in [0, 0.1) is 5.92 Å². The van der Waals surface area contributed by atoms with Crippen LogP contribution in [0.1, 0.15) is 42.6 Å². The third kappa shape index (κ3) is 3.69. The molecule has 0 saturated carbocycles. The summed E-state index contributed by atoms with van der Waals surface area (Å²) in [7, 11) is 1.74. The van der Waals surface area contributed by atoms with Crippen LogP contribution in [-0.2, 0) is 9.47 Å². The highest BCUT2D eigenvalue weighted by Crippen LogP contribution is 2.39. The van der Waals surface area contributed by atoms with Gasteiger partial charge in [0.1, 0.15) is 0 Å². The van der Waals surface area contributed by atoms with Gasteiger partial charge in [0, 0.05) is 38.8 Å². The van der Waals surface area contributed by atoms with E-state index in [2.05, 4.69) is 10.2 Å². The first-order chi connectivity index (χ1) is 13.6. The number of nitrogens with zero attached hydrogens (tertiary/aromatic N) is 2. The van der Waals surface area contributed by atoms with Crippen molar-refractivity contribution in [1.82, 2.24) is 15.1 Å². The van der Waals surface area contributed by atoms with Crippen molar-refractivity contribution >= 4 is 16.7 Å². The molecule has 1 aromatic carbocycles. The van der Waals surface area contributed by atoms with Gasteiger partial charge in [-0.15, -0.1) is 0 Å². The first-order valence-corrected chi connectivity index (χ1v) is 10.0. The molecule has 7 heteroatoms. The number of rotatable bonds is 4. The van der Waals surface area contributed by atoms with Crippen LogP contribution in [0.25, 0.3) is 10.8 Å². The van der Waals surface area contributed by atoms with E-state index < -0.39 is 0 Å². The molecule has 0 aliphatic carbocycles. The average Bonchev–Trinajstić information content (AvgIpc) is 2.73. The van der Waals surface area contributed by atoms with Crippen molar-refractivity contribution in [2.24, 2.45) is 5.92 Å². The van der Waals surface area contributed by atoms with Crippen molar-refractivity contribution in [2.75, 3.05) is 33.4 Å². The van der Waals surface area contributed by atoms with E-state index in [-0.39, 0.29) is 17.1 Å². The molecule has 1 spiro atoms. The molecule has 1 atom stereocenters. The third-order valence-electron chi connectivity index (χ3n) is 6.19. The molecule has 1 unspecified atom stereocenters. The predicted octanol–water partition coefficient (Wildman–Crippen LogP) is 2.36. The predicted molar refractivity (Wildman–Crippen MR) is 105 cm³/mol. The van der Waals surface area contributed by atoms with Crippen LogP contribution in [0.15, 0.2) is 29.1 Å². The normalized spacial score (nSPS) is 21.9. The number of H-pyrrole nitrogens is 1. The van der Waals surface area contributed by atoms with E-state index >= 15 is 0 Å². The Kier molecular flexibility index (Phi) is 5.46. The number of carbonyl (C=O) groups is 1. The van der Waals surface area contributed by atoms with Crippen molar-refractivity contribution in [3.8, 4) is 0 Å². The van der Waals surface area contributed by atoms with Gasteiger partial charge in [0.25, 0.3) is 11.5 Å². The number of carbonyl (C=O) groups excluding carboxylic acids is 1. The average molecular weight is 385 g/mol. The van der Waals surface area contributed by atoms with Gasteiger partial charge in [0.15, 0.2) is 5.69 Å². The molecule has 0 radical (unpaired) electrons. The summed E-state index contributed by atoms with van der Waals surface area (Å²) in [5.41, 5.74) is -0.0790. The zero-order chi connectivity index (χ0) is 19.6. The molecule has 7 nitrogen and oxygen atoms in total. The molecule has 2 saturated heterocycles. The van der Waals surface area contributed by atoms with Gasteiger partial charge >= 0.3 is 0 Å². The van der Waals surface area contributed by atoms with Crippen LogP contribution in [-0.4, -0.2) is 60.0 Å². The quantitative estimate of drug-likeness (QED) is 0.873. The van der Waals surface area contributed by atoms with E-state index in [9.17, 15) is 9.59 Å². The van der Waals surface area contributed by atoms with Crippen molar-refractivity contribution in [3.63, 3.8) is 0 Å². The van der Waals surface area contributed by atoms with Crippen LogP contribution in [0.5, 0.6) is 0 Å². The minimum absolute atomic E-state index is 0.117. The molecule has 1 amide bonds. The molecule has 1 N–H and O–H groups in total. The lowest BCUT2D eigenvalue weighted by molar-refractivity contribution is -0.125. The van der Waals surface area contributed by atoms with E-state index in [0.29, 0.717) is 35.5 Å². The Morgan fingerprint density at radius 2 is 2.07 bits per heavy atom. The Morgan fingerprint density at radius 3 is 2.82 bits per heavy atom. The number of aromatic amines is 1. The fraction of sp³-hybridized carbons (Fsp3) is 0.571. The van der Waals surface area contributed by atoms with Gasteiger partial charge in [0.2, 0.25) is 0 Å². The van der Waals surface area contributed by atoms with Crippen LogP contribution in [0.3, 0.4) is 0 Å². The Morgan fingerprint density at radius 1 is 1.32 bits per heavy atom. The summed E-state index contributed by atoms with van der Waals surface area (Å²) < 4.78 is 11.4. The number of piperidine rings is 1. The Labute approximate surface area is 164 Å². The molecule has 2 fully saturated rings. The molecular weight excluding hydrogens is 358 g/mol. The molecule has 1 aromatic heterocycles. The molecule has 0 bridgehead atoms. The van der Waals surface area contributed by atoms with Crippen molar-refractivity contribution in [3.05, 3.63) is 40.3 Å². The van der Waals surface area contributed by atoms with E-state index in [4.69, 9.17) is 9.47 Å². The van der Waals surface area contributed by atoms with Crippen molar-refractivity contribution < 1.29 is 14.3 Å². The minimum atomic E-state index is -0.276. The lowest BCUT2D eigenvalue weighted by Gasteiger charge is -2.46. The largest absolute Gasteiger partial charge is 0.385 e. The second-order valence-electron chi connectivity index (χ2n) is 7.91. The van der Waals surface area contributed by atoms with Crippen LogP contribution >= 0.6 is 0 Å². The number of ether oxygens (including phenoxy) is 2. The topological polar surface area (TPSA) is 84.5 Å². The van der Waals surface area contributed by atoms with Gasteiger partial charge in [-0.05, 0) is 44.1 Å². The van der Waals surface area contributed by atoms with Gasteiger partial charge in [-0.3, -0.25) is 9.59 Å². The number of aromatic nitrogens is 2. The van der Waals surface area contributed by atoms with Crippen LogP contribution in [0.2, 0.25) is 0 Å². The number of fused-ring (bicyclic) bond motifs is 1. The van der Waals surface area contributed by atoms with Gasteiger partial charge < -0.3 is 14.4 Å². The smallest absolute Gasteiger partial charge is 0.274 e. The number of benzene rings is 1. The highest BCUT2D eigenvalue weighted by atomic mass is 16.5. The molecule has 4 rings (SSSR count). The number of methoxy groups -OCH3 is 1. The molecular formula is C21H27N3O4. The molecule has 150 valence electrons. The maximum absolute atomic E-state index is 13.1. The number of amides is 1. The molecule has 3 heterocycles. The Balaban J connectivity index is 1.46. The zero-order valence-electron chi connectivity index (χ0n) is 16.3. The number of hydrogen-bond donors (Lipinski definition) is 1. The minimum Gasteiger partial charge on any atom is -0.385 e. The summed E-state index contributed by atoms with van der Waals surface area (Å²) in [6.45, 7) is 2.86. The Bertz CT molecular complexity index is 902. The summed E-state index contributed by atoms with van der Waals surface area (Å²) in [6.07, 6.45) is 4.86. The van der Waals surface area contributed by atoms with Gasteiger partial charge in [-0.25, -0.2) is 5.10 Å². The lowest BCUT2D eigenvalue weighted by Crippen LogP contribution is -2.51. The molecule has 2 aliphatic rings. The third-order valence-corrected chi connectivity index (χ3v) is 6.19. The monoisotopic (exact) mass is 385 g/mol. The summed E-state index contributed by atoms with van der Waals surface area (Å²) in [5.74, 6) is 0.495. The summed E-state index contributed by atoms with van der Waals surface area (Å²) in [6, 6.07) is 7.10. The summed E-state index contributed by atoms with van der Waals surface area (Å²) in [4.78, 5) is 26.9. The highest BCUT2D eigenvalue weighted by molar-refractivity contribution is 6.04. The lowest BCUT2D eigenvalue weighted by atomic mass is 9.78. The Hall–Kier alpha value is -2.25. The number of hydrogen-bond acceptors (Lipinski definition) is 5. The zero-order valence-corrected chi connectivity index (χ0v) is 16.3. The first kappa shape index (κ1) is 19.1. The van der Waals surface area contributed by atoms with Crippen LogP contribution in [0.4, 0.5) is 0 Å². The van der Waals surface area contributed by atoms with E-state index in [1.807, 2.05) is 11.0 Å². The molecule has 2 aromatic rings. The standard InChI is InChI=1S/C21H27N3O4/c1-27-12-6-15-7-13-28-21(14-15)8-10-24(11-9-21)20(26)18-16-4-2-3-5-17(16)19(25)23-22-18/h2-5,15H,6-14H2,1H3,(H,23,25). The number of nitrogens with one attached hydrogen (secondary N) is 1. The fourth-order valence-electron chi connectivity index (χ4n) is 4.55. The fourth-order valence-corrected chi connectivity index (χ4v) is 4.55. The second kappa shape index (κ2) is 8.01. The number of likely N-dealkylation sites (tertiary alicyclic amines) is 1. The van der Waals surface area contributed by atoms with Crippen molar-refractivity contribution in [1.29, 1.82) is 0 Å². The molecule has 2 aliphatic heterocycles. The maximum Gasteiger partial charge on any atom is 0.274 e.